The average molecular weight is 331 g/mol. The number of pyridine rings is 1. The Hall–Kier alpha value is -1.15. The highest BCUT2D eigenvalue weighted by atomic mass is 35.5. The lowest BCUT2D eigenvalue weighted by molar-refractivity contribution is 0.349. The zero-order valence-corrected chi connectivity index (χ0v) is 13.3. The van der Waals surface area contributed by atoms with Crippen molar-refractivity contribution in [3.05, 3.63) is 24.5 Å². The number of hydrogen-bond donors (Lipinski definition) is 3. The fourth-order valence-corrected chi connectivity index (χ4v) is 4.14. The minimum atomic E-state index is -3.54. The summed E-state index contributed by atoms with van der Waals surface area (Å²) in [5.74, 6) is 0. The summed E-state index contributed by atoms with van der Waals surface area (Å²) in [4.78, 5) is 7.28. The quantitative estimate of drug-likeness (QED) is 0.794. The van der Waals surface area contributed by atoms with Gasteiger partial charge >= 0.3 is 0 Å². The molecule has 2 aromatic heterocycles. The Balaban J connectivity index is 0.00000161. The molecule has 3 rings (SSSR count). The highest BCUT2D eigenvalue weighted by Gasteiger charge is 2.28. The standard InChI is InChI=1S/C13H18N4O2S.ClH/c1-9-11(5-3-6-14-9)17-20(18,19)12-8-16-13-10(12)4-2-7-15-13;/h2,4,7-9,11,14,17H,3,5-6H2,1H3,(H,15,16);1H. The Morgan fingerprint density at radius 3 is 3.00 bits per heavy atom. The van der Waals surface area contributed by atoms with E-state index < -0.39 is 10.0 Å². The summed E-state index contributed by atoms with van der Waals surface area (Å²) in [6.07, 6.45) is 4.97. The lowest BCUT2D eigenvalue weighted by Gasteiger charge is -2.30. The van der Waals surface area contributed by atoms with Crippen LogP contribution in [0.5, 0.6) is 0 Å². The van der Waals surface area contributed by atoms with Crippen LogP contribution in [0.1, 0.15) is 19.8 Å². The van der Waals surface area contributed by atoms with E-state index in [0.29, 0.717) is 11.0 Å². The summed E-state index contributed by atoms with van der Waals surface area (Å²) in [5, 5.41) is 3.91. The molecule has 0 saturated carbocycles. The van der Waals surface area contributed by atoms with Crippen molar-refractivity contribution in [3.63, 3.8) is 0 Å². The van der Waals surface area contributed by atoms with Crippen LogP contribution in [0.3, 0.4) is 0 Å². The van der Waals surface area contributed by atoms with Crippen molar-refractivity contribution >= 4 is 33.5 Å². The molecule has 0 aliphatic carbocycles. The van der Waals surface area contributed by atoms with E-state index >= 15 is 0 Å². The third kappa shape index (κ3) is 3.21. The molecule has 116 valence electrons. The van der Waals surface area contributed by atoms with Gasteiger partial charge in [-0.25, -0.2) is 18.1 Å². The maximum atomic E-state index is 12.5. The summed E-state index contributed by atoms with van der Waals surface area (Å²) in [6, 6.07) is 3.56. The van der Waals surface area contributed by atoms with Crippen LogP contribution in [0, 0.1) is 0 Å². The number of halogens is 1. The van der Waals surface area contributed by atoms with Gasteiger partial charge in [-0.1, -0.05) is 0 Å². The number of rotatable bonds is 3. The summed E-state index contributed by atoms with van der Waals surface area (Å²) in [5.41, 5.74) is 0.586. The molecule has 1 saturated heterocycles. The van der Waals surface area contributed by atoms with Gasteiger partial charge in [-0.3, -0.25) is 0 Å². The molecule has 1 aliphatic rings. The van der Waals surface area contributed by atoms with Crippen LogP contribution in [0.25, 0.3) is 11.0 Å². The predicted octanol–water partition coefficient (Wildman–Crippen LogP) is 1.40. The second kappa shape index (κ2) is 6.31. The molecule has 1 aliphatic heterocycles. The van der Waals surface area contributed by atoms with E-state index in [1.165, 1.54) is 6.20 Å². The van der Waals surface area contributed by atoms with E-state index in [9.17, 15) is 8.42 Å². The predicted molar refractivity (Wildman–Crippen MR) is 84.1 cm³/mol. The maximum Gasteiger partial charge on any atom is 0.243 e. The zero-order chi connectivity index (χ0) is 14.2. The SMILES string of the molecule is CC1NCCCC1NS(=O)(=O)c1c[nH]c2ncccc12.Cl. The topological polar surface area (TPSA) is 86.9 Å². The molecular weight excluding hydrogens is 312 g/mol. The molecule has 1 fully saturated rings. The summed E-state index contributed by atoms with van der Waals surface area (Å²) in [6.45, 7) is 2.94. The van der Waals surface area contributed by atoms with E-state index in [2.05, 4.69) is 20.0 Å². The highest BCUT2D eigenvalue weighted by molar-refractivity contribution is 7.89. The first-order chi connectivity index (χ1) is 9.58. The monoisotopic (exact) mass is 330 g/mol. The molecule has 6 nitrogen and oxygen atoms in total. The number of nitrogens with zero attached hydrogens (tertiary/aromatic N) is 1. The van der Waals surface area contributed by atoms with Crippen molar-refractivity contribution in [1.29, 1.82) is 0 Å². The van der Waals surface area contributed by atoms with Gasteiger partial charge in [0.2, 0.25) is 10.0 Å². The van der Waals surface area contributed by atoms with Crippen molar-refractivity contribution in [1.82, 2.24) is 20.0 Å². The number of fused-ring (bicyclic) bond motifs is 1. The number of hydrogen-bond acceptors (Lipinski definition) is 4. The van der Waals surface area contributed by atoms with E-state index in [0.717, 1.165) is 19.4 Å². The van der Waals surface area contributed by atoms with Crippen molar-refractivity contribution in [2.24, 2.45) is 0 Å². The van der Waals surface area contributed by atoms with Crippen molar-refractivity contribution < 1.29 is 8.42 Å². The zero-order valence-electron chi connectivity index (χ0n) is 11.7. The second-order valence-electron chi connectivity index (χ2n) is 5.17. The molecule has 21 heavy (non-hydrogen) atoms. The lowest BCUT2D eigenvalue weighted by Crippen LogP contribution is -2.51. The molecule has 2 aromatic rings. The minimum Gasteiger partial charge on any atom is -0.345 e. The van der Waals surface area contributed by atoms with Crippen molar-refractivity contribution in [3.8, 4) is 0 Å². The van der Waals surface area contributed by atoms with Crippen LogP contribution in [0.2, 0.25) is 0 Å². The molecular formula is C13H19ClN4O2S. The van der Waals surface area contributed by atoms with Crippen molar-refractivity contribution in [2.75, 3.05) is 6.54 Å². The van der Waals surface area contributed by atoms with Gasteiger partial charge in [0.25, 0.3) is 0 Å². The first kappa shape index (κ1) is 16.2. The normalized spacial score (nSPS) is 22.9. The van der Waals surface area contributed by atoms with Crippen LogP contribution in [0.15, 0.2) is 29.4 Å². The Morgan fingerprint density at radius 2 is 2.24 bits per heavy atom. The molecule has 3 N–H and O–H groups in total. The average Bonchev–Trinajstić information content (AvgIpc) is 2.86. The first-order valence-electron chi connectivity index (χ1n) is 6.76. The van der Waals surface area contributed by atoms with E-state index in [1.807, 2.05) is 6.92 Å². The highest BCUT2D eigenvalue weighted by Crippen LogP contribution is 2.22. The summed E-state index contributed by atoms with van der Waals surface area (Å²) in [7, 11) is -3.54. The van der Waals surface area contributed by atoms with Crippen LogP contribution in [0.4, 0.5) is 0 Å². The van der Waals surface area contributed by atoms with Gasteiger partial charge in [-0.15, -0.1) is 12.4 Å². The molecule has 0 spiro atoms. The molecule has 2 unspecified atom stereocenters. The van der Waals surface area contributed by atoms with Gasteiger partial charge in [-0.2, -0.15) is 0 Å². The molecule has 0 aromatic carbocycles. The molecule has 0 radical (unpaired) electrons. The van der Waals surface area contributed by atoms with E-state index in [-0.39, 0.29) is 29.4 Å². The maximum absolute atomic E-state index is 12.5. The van der Waals surface area contributed by atoms with Gasteiger partial charge in [0.15, 0.2) is 0 Å². The van der Waals surface area contributed by atoms with E-state index in [1.54, 1.807) is 18.3 Å². The van der Waals surface area contributed by atoms with Gasteiger partial charge in [0.05, 0.1) is 0 Å². The number of sulfonamides is 1. The first-order valence-corrected chi connectivity index (χ1v) is 8.24. The Morgan fingerprint density at radius 1 is 1.43 bits per heavy atom. The summed E-state index contributed by atoms with van der Waals surface area (Å²) >= 11 is 0. The van der Waals surface area contributed by atoms with Gasteiger partial charge in [0.1, 0.15) is 10.5 Å². The largest absolute Gasteiger partial charge is 0.345 e. The molecule has 0 amide bonds. The lowest BCUT2D eigenvalue weighted by atomic mass is 10.0. The second-order valence-corrected chi connectivity index (χ2v) is 6.85. The molecule has 3 heterocycles. The molecule has 0 bridgehead atoms. The summed E-state index contributed by atoms with van der Waals surface area (Å²) < 4.78 is 27.9. The van der Waals surface area contributed by atoms with Crippen LogP contribution < -0.4 is 10.0 Å². The number of aromatic amines is 1. The van der Waals surface area contributed by atoms with Gasteiger partial charge < -0.3 is 10.3 Å². The van der Waals surface area contributed by atoms with Gasteiger partial charge in [-0.05, 0) is 38.4 Å². The molecule has 8 heteroatoms. The Labute approximate surface area is 130 Å². The smallest absolute Gasteiger partial charge is 0.243 e. The van der Waals surface area contributed by atoms with Crippen LogP contribution >= 0.6 is 12.4 Å². The number of nitrogens with one attached hydrogen (secondary N) is 3. The van der Waals surface area contributed by atoms with E-state index in [4.69, 9.17) is 0 Å². The Bertz CT molecular complexity index is 716. The Kier molecular flexibility index (Phi) is 4.88. The minimum absolute atomic E-state index is 0. The number of H-pyrrole nitrogens is 1. The van der Waals surface area contributed by atoms with Crippen LogP contribution in [-0.4, -0.2) is 37.0 Å². The fraction of sp³-hybridized carbons (Fsp3) is 0.462. The third-order valence-electron chi connectivity index (χ3n) is 3.77. The third-order valence-corrected chi connectivity index (χ3v) is 5.30. The van der Waals surface area contributed by atoms with Gasteiger partial charge in [0, 0.05) is 29.9 Å². The van der Waals surface area contributed by atoms with Crippen LogP contribution in [-0.2, 0) is 10.0 Å². The number of piperidine rings is 1. The number of aromatic nitrogens is 2. The fourth-order valence-electron chi connectivity index (χ4n) is 2.62. The van der Waals surface area contributed by atoms with Crippen molar-refractivity contribution in [2.45, 2.75) is 36.7 Å². The molecule has 2 atom stereocenters.